The predicted octanol–water partition coefficient (Wildman–Crippen LogP) is 3.71. The van der Waals surface area contributed by atoms with Crippen LogP contribution < -0.4 is 10.1 Å². The quantitative estimate of drug-likeness (QED) is 0.455. The number of aromatic nitrogens is 7. The van der Waals surface area contributed by atoms with Gasteiger partial charge in [-0.25, -0.2) is 18.3 Å². The zero-order chi connectivity index (χ0) is 24.2. The van der Waals surface area contributed by atoms with E-state index in [0.717, 1.165) is 16.6 Å². The summed E-state index contributed by atoms with van der Waals surface area (Å²) >= 11 is 6.06. The van der Waals surface area contributed by atoms with Gasteiger partial charge in [-0.15, -0.1) is 4.80 Å². The summed E-state index contributed by atoms with van der Waals surface area (Å²) in [6.45, 7) is 3.99. The summed E-state index contributed by atoms with van der Waals surface area (Å²) in [6, 6.07) is 2.74. The van der Waals surface area contributed by atoms with Crippen LogP contribution in [0.15, 0.2) is 30.7 Å². The zero-order valence-electron chi connectivity index (χ0n) is 18.3. The van der Waals surface area contributed by atoms with E-state index in [-0.39, 0.29) is 17.4 Å². The Morgan fingerprint density at radius 1 is 1.29 bits per heavy atom. The van der Waals surface area contributed by atoms with Gasteiger partial charge in [0.05, 0.1) is 36.7 Å². The van der Waals surface area contributed by atoms with Gasteiger partial charge in [-0.1, -0.05) is 25.4 Å². The fourth-order valence-corrected chi connectivity index (χ4v) is 4.63. The Balaban J connectivity index is 1.52. The van der Waals surface area contributed by atoms with Crippen molar-refractivity contribution in [1.82, 2.24) is 34.6 Å². The number of fused-ring (bicyclic) bond motifs is 3. The maximum absolute atomic E-state index is 13.9. The maximum Gasteiger partial charge on any atom is 0.266 e. The number of alkyl halides is 2. The predicted molar refractivity (Wildman–Crippen MR) is 118 cm³/mol. The molecule has 0 fully saturated rings. The van der Waals surface area contributed by atoms with Crippen LogP contribution in [0.2, 0.25) is 5.15 Å². The molecule has 1 N–H and O–H groups in total. The highest BCUT2D eigenvalue weighted by Crippen LogP contribution is 2.46. The van der Waals surface area contributed by atoms with Gasteiger partial charge in [-0.2, -0.15) is 20.3 Å². The molecule has 0 bridgehead atoms. The van der Waals surface area contributed by atoms with Gasteiger partial charge in [-0.3, -0.25) is 4.79 Å². The SMILES string of the molecule is COc1nc(NC(=O)C2CC(C)(C)c3c2cnc2cc(Cl)nn32)cc(C(F)F)c1-n1nccn1. The van der Waals surface area contributed by atoms with Gasteiger partial charge in [-0.05, 0) is 12.5 Å². The van der Waals surface area contributed by atoms with Crippen molar-refractivity contribution >= 4 is 29.0 Å². The lowest BCUT2D eigenvalue weighted by atomic mass is 9.88. The van der Waals surface area contributed by atoms with Crippen LogP contribution in [0.4, 0.5) is 14.6 Å². The molecule has 4 aromatic rings. The highest BCUT2D eigenvalue weighted by molar-refractivity contribution is 6.29. The van der Waals surface area contributed by atoms with Gasteiger partial charge in [0.25, 0.3) is 6.43 Å². The van der Waals surface area contributed by atoms with E-state index in [2.05, 4.69) is 30.6 Å². The zero-order valence-corrected chi connectivity index (χ0v) is 19.1. The highest BCUT2D eigenvalue weighted by atomic mass is 35.5. The molecule has 1 aliphatic carbocycles. The van der Waals surface area contributed by atoms with Gasteiger partial charge in [0.2, 0.25) is 11.8 Å². The van der Waals surface area contributed by atoms with E-state index >= 15 is 0 Å². The smallest absolute Gasteiger partial charge is 0.266 e. The van der Waals surface area contributed by atoms with E-state index in [1.54, 1.807) is 16.8 Å². The number of methoxy groups -OCH3 is 1. The number of halogens is 3. The first kappa shape index (κ1) is 22.1. The standard InChI is InChI=1S/C21H19ClF2N8O2/c1-21(2)8-11(12-9-25-15-7-13(22)30-31(15)17(12)21)19(33)28-14-6-10(18(23)24)16(20(29-14)34-3)32-26-4-5-27-32/h4-7,9,11,18H,8H2,1-3H3,(H,28,29,33). The molecule has 4 aromatic heterocycles. The first-order valence-electron chi connectivity index (χ1n) is 10.3. The molecule has 176 valence electrons. The molecule has 5 rings (SSSR count). The molecule has 13 heteroatoms. The van der Waals surface area contributed by atoms with E-state index in [1.165, 1.54) is 19.5 Å². The third-order valence-electron chi connectivity index (χ3n) is 5.82. The lowest BCUT2D eigenvalue weighted by molar-refractivity contribution is -0.117. The van der Waals surface area contributed by atoms with Crippen molar-refractivity contribution in [2.75, 3.05) is 12.4 Å². The largest absolute Gasteiger partial charge is 0.479 e. The molecular formula is C21H19ClF2N8O2. The first-order chi connectivity index (χ1) is 16.2. The second-order valence-electron chi connectivity index (χ2n) is 8.50. The first-order valence-corrected chi connectivity index (χ1v) is 10.7. The van der Waals surface area contributed by atoms with Crippen molar-refractivity contribution in [2.24, 2.45) is 0 Å². The van der Waals surface area contributed by atoms with Gasteiger partial charge < -0.3 is 10.1 Å². The normalized spacial score (nSPS) is 16.7. The topological polar surface area (TPSA) is 112 Å². The Hall–Kier alpha value is -3.67. The Bertz CT molecular complexity index is 1400. The molecule has 0 saturated heterocycles. The molecule has 1 unspecified atom stereocenters. The molecule has 1 amide bonds. The molecule has 0 aliphatic heterocycles. The number of ether oxygens (including phenoxy) is 1. The number of amides is 1. The Morgan fingerprint density at radius 3 is 2.71 bits per heavy atom. The van der Waals surface area contributed by atoms with Gasteiger partial charge in [0.1, 0.15) is 5.82 Å². The molecule has 0 spiro atoms. The van der Waals surface area contributed by atoms with E-state index < -0.39 is 29.2 Å². The minimum atomic E-state index is -2.89. The number of anilines is 1. The number of nitrogens with one attached hydrogen (secondary N) is 1. The molecule has 1 aliphatic rings. The van der Waals surface area contributed by atoms with Crippen LogP contribution in [-0.2, 0) is 10.2 Å². The molecule has 0 aromatic carbocycles. The van der Waals surface area contributed by atoms with E-state index in [1.807, 2.05) is 13.8 Å². The van der Waals surface area contributed by atoms with Gasteiger partial charge >= 0.3 is 0 Å². The highest BCUT2D eigenvalue weighted by Gasteiger charge is 2.43. The Morgan fingerprint density at radius 2 is 2.03 bits per heavy atom. The van der Waals surface area contributed by atoms with E-state index in [9.17, 15) is 13.6 Å². The van der Waals surface area contributed by atoms with Crippen LogP contribution >= 0.6 is 11.6 Å². The van der Waals surface area contributed by atoms with Crippen LogP contribution in [0.3, 0.4) is 0 Å². The fourth-order valence-electron chi connectivity index (χ4n) is 4.45. The van der Waals surface area contributed by atoms with E-state index in [0.29, 0.717) is 22.8 Å². The van der Waals surface area contributed by atoms with Crippen molar-refractivity contribution in [3.8, 4) is 11.6 Å². The number of nitrogens with zero attached hydrogens (tertiary/aromatic N) is 7. The van der Waals surface area contributed by atoms with Crippen LogP contribution in [0, 0.1) is 0 Å². The Labute approximate surface area is 196 Å². The minimum absolute atomic E-state index is 0.0736. The summed E-state index contributed by atoms with van der Waals surface area (Å²) in [4.78, 5) is 22.9. The fraction of sp³-hybridized carbons (Fsp3) is 0.333. The number of carbonyl (C=O) groups excluding carboxylic acids is 1. The average Bonchev–Trinajstić information content (AvgIpc) is 3.50. The van der Waals surface area contributed by atoms with Crippen molar-refractivity contribution in [1.29, 1.82) is 0 Å². The van der Waals surface area contributed by atoms with Crippen molar-refractivity contribution < 1.29 is 18.3 Å². The van der Waals surface area contributed by atoms with Crippen LogP contribution in [0.25, 0.3) is 11.3 Å². The number of hydrogen-bond donors (Lipinski definition) is 1. The second-order valence-corrected chi connectivity index (χ2v) is 8.89. The van der Waals surface area contributed by atoms with Crippen LogP contribution in [0.5, 0.6) is 5.88 Å². The molecule has 34 heavy (non-hydrogen) atoms. The molecule has 10 nitrogen and oxygen atoms in total. The van der Waals surface area contributed by atoms with Crippen molar-refractivity contribution in [2.45, 2.75) is 38.0 Å². The number of pyridine rings is 1. The molecule has 4 heterocycles. The summed E-state index contributed by atoms with van der Waals surface area (Å²) in [6.07, 6.45) is 1.90. The number of hydrogen-bond acceptors (Lipinski definition) is 7. The summed E-state index contributed by atoms with van der Waals surface area (Å²) < 4.78 is 34.7. The Kier molecular flexibility index (Phi) is 5.19. The number of rotatable bonds is 5. The summed E-state index contributed by atoms with van der Waals surface area (Å²) in [7, 11) is 1.29. The van der Waals surface area contributed by atoms with Crippen molar-refractivity contribution in [3.05, 3.63) is 52.7 Å². The molecular weight excluding hydrogens is 470 g/mol. The van der Waals surface area contributed by atoms with Crippen LogP contribution in [0.1, 0.15) is 49.4 Å². The lowest BCUT2D eigenvalue weighted by Crippen LogP contribution is -2.22. The second kappa shape index (κ2) is 7.97. The molecule has 1 atom stereocenters. The van der Waals surface area contributed by atoms with E-state index in [4.69, 9.17) is 16.3 Å². The van der Waals surface area contributed by atoms with Gasteiger partial charge in [0.15, 0.2) is 16.5 Å². The summed E-state index contributed by atoms with van der Waals surface area (Å²) in [5, 5.41) is 15.1. The molecule has 0 radical (unpaired) electrons. The summed E-state index contributed by atoms with van der Waals surface area (Å²) in [5.74, 6) is -1.23. The third kappa shape index (κ3) is 3.54. The van der Waals surface area contributed by atoms with Crippen molar-refractivity contribution in [3.63, 3.8) is 0 Å². The average molecular weight is 489 g/mol. The monoisotopic (exact) mass is 488 g/mol. The minimum Gasteiger partial charge on any atom is -0.479 e. The third-order valence-corrected chi connectivity index (χ3v) is 6.00. The lowest BCUT2D eigenvalue weighted by Gasteiger charge is -2.19. The van der Waals surface area contributed by atoms with Gasteiger partial charge in [0, 0.05) is 23.2 Å². The molecule has 0 saturated carbocycles. The maximum atomic E-state index is 13.9. The van der Waals surface area contributed by atoms with Crippen LogP contribution in [-0.4, -0.2) is 47.6 Å². The summed E-state index contributed by atoms with van der Waals surface area (Å²) in [5.41, 5.74) is 1.14. The number of carbonyl (C=O) groups is 1.